The van der Waals surface area contributed by atoms with E-state index in [2.05, 4.69) is 17.4 Å². The van der Waals surface area contributed by atoms with E-state index in [4.69, 9.17) is 9.57 Å². The van der Waals surface area contributed by atoms with E-state index in [1.807, 2.05) is 0 Å². The van der Waals surface area contributed by atoms with E-state index >= 15 is 0 Å². The van der Waals surface area contributed by atoms with Crippen LogP contribution < -0.4 is 5.48 Å². The molecule has 1 aliphatic rings. The van der Waals surface area contributed by atoms with Crippen LogP contribution in [-0.2, 0) is 19.2 Å². The molecule has 6 nitrogen and oxygen atoms in total. The average Bonchev–Trinajstić information content (AvgIpc) is 3.22. The van der Waals surface area contributed by atoms with Crippen LogP contribution in [0.15, 0.2) is 35.6 Å². The first-order valence-corrected chi connectivity index (χ1v) is 8.87. The zero-order chi connectivity index (χ0) is 19.4. The van der Waals surface area contributed by atoms with Crippen LogP contribution in [0, 0.1) is 5.82 Å². The fourth-order valence-corrected chi connectivity index (χ4v) is 3.33. The number of benzene rings is 1. The molecule has 1 atom stereocenters. The minimum absolute atomic E-state index is 0.0837. The molecule has 3 rings (SSSR count). The molecule has 1 amide bonds. The number of fused-ring (bicyclic) bond motifs is 1. The SMILES string of the molecule is CCCCCC1OC(=C=O)C(C(=O)NOC)=C1c1cc2cc(F)ccc2[nH]1. The second kappa shape index (κ2) is 8.20. The van der Waals surface area contributed by atoms with Crippen LogP contribution in [0.4, 0.5) is 4.39 Å². The third kappa shape index (κ3) is 3.79. The van der Waals surface area contributed by atoms with E-state index < -0.39 is 12.0 Å². The average molecular weight is 372 g/mol. The Kier molecular flexibility index (Phi) is 5.74. The van der Waals surface area contributed by atoms with Crippen molar-refractivity contribution in [3.05, 3.63) is 47.1 Å². The number of H-pyrrole nitrogens is 1. The van der Waals surface area contributed by atoms with Crippen LogP contribution in [0.3, 0.4) is 0 Å². The summed E-state index contributed by atoms with van der Waals surface area (Å²) in [5.74, 6) is 0.624. The monoisotopic (exact) mass is 372 g/mol. The molecule has 0 radical (unpaired) electrons. The lowest BCUT2D eigenvalue weighted by atomic mass is 9.97. The van der Waals surface area contributed by atoms with Crippen LogP contribution in [0.2, 0.25) is 0 Å². The van der Waals surface area contributed by atoms with Gasteiger partial charge in [0, 0.05) is 22.2 Å². The highest BCUT2D eigenvalue weighted by Crippen LogP contribution is 2.39. The molecule has 2 heterocycles. The Morgan fingerprint density at radius 2 is 2.19 bits per heavy atom. The van der Waals surface area contributed by atoms with Crippen molar-refractivity contribution in [2.75, 3.05) is 7.11 Å². The van der Waals surface area contributed by atoms with Crippen molar-refractivity contribution < 1.29 is 23.6 Å². The quantitative estimate of drug-likeness (QED) is 0.443. The number of aromatic nitrogens is 1. The van der Waals surface area contributed by atoms with Crippen LogP contribution in [-0.4, -0.2) is 30.0 Å². The summed E-state index contributed by atoms with van der Waals surface area (Å²) in [6.07, 6.45) is 3.09. The molecule has 1 unspecified atom stereocenters. The van der Waals surface area contributed by atoms with Gasteiger partial charge in [0.15, 0.2) is 5.94 Å². The van der Waals surface area contributed by atoms with Crippen LogP contribution >= 0.6 is 0 Å². The second-order valence-corrected chi connectivity index (χ2v) is 6.37. The van der Waals surface area contributed by atoms with Gasteiger partial charge < -0.3 is 9.72 Å². The molecule has 0 bridgehead atoms. The third-order valence-corrected chi connectivity index (χ3v) is 4.54. The van der Waals surface area contributed by atoms with Gasteiger partial charge in [0.2, 0.25) is 5.76 Å². The molecule has 0 fully saturated rings. The second-order valence-electron chi connectivity index (χ2n) is 6.37. The first-order valence-electron chi connectivity index (χ1n) is 8.87. The van der Waals surface area contributed by atoms with Gasteiger partial charge in [0.05, 0.1) is 7.11 Å². The number of carbonyl (C=O) groups excluding carboxylic acids is 2. The van der Waals surface area contributed by atoms with E-state index in [0.29, 0.717) is 23.1 Å². The number of hydrogen-bond acceptors (Lipinski definition) is 4. The summed E-state index contributed by atoms with van der Waals surface area (Å²) in [4.78, 5) is 31.8. The molecular weight excluding hydrogens is 351 g/mol. The molecule has 1 aromatic heterocycles. The zero-order valence-electron chi connectivity index (χ0n) is 15.2. The molecule has 0 saturated heterocycles. The van der Waals surface area contributed by atoms with Gasteiger partial charge in [-0.05, 0) is 37.1 Å². The first kappa shape index (κ1) is 18.9. The Morgan fingerprint density at radius 1 is 1.37 bits per heavy atom. The van der Waals surface area contributed by atoms with Crippen LogP contribution in [0.25, 0.3) is 16.5 Å². The van der Waals surface area contributed by atoms with Crippen molar-refractivity contribution in [3.8, 4) is 0 Å². The summed E-state index contributed by atoms with van der Waals surface area (Å²) < 4.78 is 19.3. The van der Waals surface area contributed by atoms with E-state index in [1.54, 1.807) is 18.1 Å². The highest BCUT2D eigenvalue weighted by molar-refractivity contribution is 6.08. The number of amides is 1. The Hall–Kier alpha value is -2.89. The predicted octanol–water partition coefficient (Wildman–Crippen LogP) is 3.43. The van der Waals surface area contributed by atoms with Gasteiger partial charge >= 0.3 is 0 Å². The molecule has 0 aliphatic carbocycles. The molecule has 7 heteroatoms. The van der Waals surface area contributed by atoms with Gasteiger partial charge in [-0.15, -0.1) is 0 Å². The van der Waals surface area contributed by atoms with Gasteiger partial charge in [0.1, 0.15) is 17.5 Å². The Labute approximate surface area is 156 Å². The van der Waals surface area contributed by atoms with Crippen LogP contribution in [0.5, 0.6) is 0 Å². The first-order chi connectivity index (χ1) is 13.1. The molecule has 1 aliphatic heterocycles. The summed E-state index contributed by atoms with van der Waals surface area (Å²) in [5, 5.41) is 0.667. The van der Waals surface area contributed by atoms with Crippen molar-refractivity contribution in [1.29, 1.82) is 0 Å². The van der Waals surface area contributed by atoms with Crippen molar-refractivity contribution in [3.63, 3.8) is 0 Å². The van der Waals surface area contributed by atoms with E-state index in [9.17, 15) is 14.0 Å². The lowest BCUT2D eigenvalue weighted by molar-refractivity contribution is -0.127. The molecule has 1 aromatic carbocycles. The minimum atomic E-state index is -0.589. The van der Waals surface area contributed by atoms with Crippen molar-refractivity contribution in [2.45, 2.75) is 38.7 Å². The molecule has 2 aromatic rings. The smallest absolute Gasteiger partial charge is 0.279 e. The molecule has 27 heavy (non-hydrogen) atoms. The van der Waals surface area contributed by atoms with E-state index in [-0.39, 0.29) is 17.1 Å². The fraction of sp³-hybridized carbons (Fsp3) is 0.350. The van der Waals surface area contributed by atoms with Gasteiger partial charge in [-0.25, -0.2) is 14.7 Å². The van der Waals surface area contributed by atoms with E-state index in [0.717, 1.165) is 24.8 Å². The third-order valence-electron chi connectivity index (χ3n) is 4.54. The maximum absolute atomic E-state index is 13.5. The number of aromatic amines is 1. The number of halogens is 1. The molecule has 0 saturated carbocycles. The van der Waals surface area contributed by atoms with Gasteiger partial charge in [-0.1, -0.05) is 19.8 Å². The summed E-state index contributed by atoms with van der Waals surface area (Å²) in [5.41, 5.74) is 4.19. The Balaban J connectivity index is 2.11. The van der Waals surface area contributed by atoms with E-state index in [1.165, 1.54) is 19.2 Å². The topological polar surface area (TPSA) is 80.4 Å². The van der Waals surface area contributed by atoms with Crippen molar-refractivity contribution in [2.24, 2.45) is 0 Å². The maximum Gasteiger partial charge on any atom is 0.279 e. The summed E-state index contributed by atoms with van der Waals surface area (Å²) in [6, 6.07) is 6.14. The van der Waals surface area contributed by atoms with Crippen molar-refractivity contribution in [1.82, 2.24) is 10.5 Å². The van der Waals surface area contributed by atoms with Crippen molar-refractivity contribution >= 4 is 28.3 Å². The number of carbonyl (C=O) groups is 1. The number of hydrogen-bond donors (Lipinski definition) is 2. The number of unbranched alkanes of at least 4 members (excludes halogenated alkanes) is 2. The standard InChI is InChI=1S/C20H21FN2O4/c1-3-4-5-6-16-18(19(17(11-24)27-16)20(25)23-26-2)15-10-12-9-13(21)7-8-14(12)22-15/h7-10,16,22H,3-6H2,1-2H3,(H,23,25). The maximum atomic E-state index is 13.5. The molecular formula is C20H21FN2O4. The minimum Gasteiger partial charge on any atom is -0.474 e. The predicted molar refractivity (Wildman–Crippen MR) is 98.5 cm³/mol. The zero-order valence-corrected chi connectivity index (χ0v) is 15.2. The number of nitrogens with one attached hydrogen (secondary N) is 2. The van der Waals surface area contributed by atoms with Gasteiger partial charge in [0.25, 0.3) is 5.91 Å². The Bertz CT molecular complexity index is 941. The summed E-state index contributed by atoms with van der Waals surface area (Å²) in [7, 11) is 1.31. The fourth-order valence-electron chi connectivity index (χ4n) is 3.33. The normalized spacial score (nSPS) is 16.6. The molecule has 0 spiro atoms. The summed E-state index contributed by atoms with van der Waals surface area (Å²) in [6.45, 7) is 2.09. The number of ether oxygens (including phenoxy) is 1. The summed E-state index contributed by atoms with van der Waals surface area (Å²) >= 11 is 0. The lowest BCUT2D eigenvalue weighted by Gasteiger charge is -2.13. The highest BCUT2D eigenvalue weighted by Gasteiger charge is 2.37. The van der Waals surface area contributed by atoms with Gasteiger partial charge in [-0.3, -0.25) is 9.63 Å². The molecule has 142 valence electrons. The van der Waals surface area contributed by atoms with Crippen LogP contribution in [0.1, 0.15) is 38.3 Å². The van der Waals surface area contributed by atoms with Gasteiger partial charge in [-0.2, -0.15) is 0 Å². The largest absolute Gasteiger partial charge is 0.474 e. The Morgan fingerprint density at radius 3 is 2.89 bits per heavy atom. The number of hydroxylamine groups is 1. The molecule has 2 N–H and O–H groups in total. The number of rotatable bonds is 7. The lowest BCUT2D eigenvalue weighted by Crippen LogP contribution is -2.24. The highest BCUT2D eigenvalue weighted by atomic mass is 19.1.